The Hall–Kier alpha value is -3.13. The molecule has 8 heteroatoms. The van der Waals surface area contributed by atoms with E-state index in [1.54, 1.807) is 36.4 Å². The normalized spacial score (nSPS) is 14.0. The Bertz CT molecular complexity index is 908. The summed E-state index contributed by atoms with van der Waals surface area (Å²) >= 11 is 1.52. The molecule has 3 rings (SSSR count). The number of anilines is 1. The summed E-state index contributed by atoms with van der Waals surface area (Å²) in [5.74, 6) is -1.36. The quantitative estimate of drug-likeness (QED) is 0.696. The fraction of sp³-hybridized carbons (Fsp3) is 0.200. The van der Waals surface area contributed by atoms with E-state index in [9.17, 15) is 19.2 Å². The van der Waals surface area contributed by atoms with Crippen molar-refractivity contribution in [2.75, 3.05) is 17.3 Å². The van der Waals surface area contributed by atoms with Gasteiger partial charge in [-0.2, -0.15) is 11.8 Å². The summed E-state index contributed by atoms with van der Waals surface area (Å²) in [6.45, 7) is 0. The van der Waals surface area contributed by atoms with Gasteiger partial charge >= 0.3 is 0 Å². The van der Waals surface area contributed by atoms with Crippen LogP contribution in [0, 0.1) is 0 Å². The topological polar surface area (TPSA) is 110 Å². The highest BCUT2D eigenvalue weighted by molar-refractivity contribution is 7.98. The van der Waals surface area contributed by atoms with Crippen molar-refractivity contribution in [1.29, 1.82) is 0 Å². The highest BCUT2D eigenvalue weighted by Gasteiger charge is 2.42. The van der Waals surface area contributed by atoms with Crippen molar-refractivity contribution in [3.63, 3.8) is 0 Å². The third-order valence-electron chi connectivity index (χ3n) is 4.47. The first kappa shape index (κ1) is 19.6. The van der Waals surface area contributed by atoms with E-state index in [4.69, 9.17) is 5.73 Å². The Morgan fingerprint density at radius 2 is 1.61 bits per heavy atom. The maximum atomic E-state index is 12.9. The van der Waals surface area contributed by atoms with E-state index in [1.807, 2.05) is 6.26 Å². The number of carbonyl (C=O) groups excluding carboxylic acids is 4. The molecule has 1 aliphatic heterocycles. The highest BCUT2D eigenvalue weighted by Crippen LogP contribution is 2.26. The summed E-state index contributed by atoms with van der Waals surface area (Å²) in [4.78, 5) is 50.6. The van der Waals surface area contributed by atoms with Gasteiger partial charge in [0.15, 0.2) is 0 Å². The third kappa shape index (κ3) is 3.77. The van der Waals surface area contributed by atoms with Crippen molar-refractivity contribution in [2.24, 2.45) is 5.73 Å². The Morgan fingerprint density at radius 3 is 2.11 bits per heavy atom. The van der Waals surface area contributed by atoms with Crippen LogP contribution in [0.15, 0.2) is 48.5 Å². The number of hydrogen-bond donors (Lipinski definition) is 2. The van der Waals surface area contributed by atoms with Gasteiger partial charge in [0, 0.05) is 11.3 Å². The first-order chi connectivity index (χ1) is 13.4. The van der Waals surface area contributed by atoms with Gasteiger partial charge in [0.1, 0.15) is 6.04 Å². The summed E-state index contributed by atoms with van der Waals surface area (Å²) in [6, 6.07) is 11.7. The Morgan fingerprint density at radius 1 is 1.04 bits per heavy atom. The van der Waals surface area contributed by atoms with Gasteiger partial charge in [-0.05, 0) is 54.8 Å². The largest absolute Gasteiger partial charge is 0.366 e. The number of carbonyl (C=O) groups is 4. The van der Waals surface area contributed by atoms with Crippen molar-refractivity contribution < 1.29 is 19.2 Å². The molecule has 0 fully saturated rings. The molecule has 28 heavy (non-hydrogen) atoms. The van der Waals surface area contributed by atoms with E-state index in [-0.39, 0.29) is 0 Å². The first-order valence-corrected chi connectivity index (χ1v) is 10.00. The predicted octanol–water partition coefficient (Wildman–Crippen LogP) is 2.14. The molecular weight excluding hydrogens is 378 g/mol. The minimum Gasteiger partial charge on any atom is -0.366 e. The molecule has 0 unspecified atom stereocenters. The maximum Gasteiger partial charge on any atom is 0.262 e. The van der Waals surface area contributed by atoms with Crippen LogP contribution in [0.1, 0.15) is 37.5 Å². The predicted molar refractivity (Wildman–Crippen MR) is 107 cm³/mol. The Labute approximate surface area is 166 Å². The summed E-state index contributed by atoms with van der Waals surface area (Å²) < 4.78 is 0. The monoisotopic (exact) mass is 397 g/mol. The zero-order valence-electron chi connectivity index (χ0n) is 15.2. The number of fused-ring (bicyclic) bond motifs is 1. The SMILES string of the molecule is CSCC[C@@H](C(=O)Nc1ccc(C(N)=O)cc1)N1C(=O)c2ccccc2C1=O. The van der Waals surface area contributed by atoms with E-state index in [0.29, 0.717) is 34.6 Å². The van der Waals surface area contributed by atoms with E-state index in [0.717, 1.165) is 4.90 Å². The van der Waals surface area contributed by atoms with Crippen molar-refractivity contribution in [3.05, 3.63) is 65.2 Å². The number of thioether (sulfide) groups is 1. The van der Waals surface area contributed by atoms with Crippen molar-refractivity contribution in [1.82, 2.24) is 4.90 Å². The minimum absolute atomic E-state index is 0.306. The van der Waals surface area contributed by atoms with E-state index in [1.165, 1.54) is 23.9 Å². The van der Waals surface area contributed by atoms with E-state index < -0.39 is 29.7 Å². The zero-order chi connectivity index (χ0) is 20.3. The van der Waals surface area contributed by atoms with Gasteiger partial charge in [-0.1, -0.05) is 12.1 Å². The number of nitrogens with two attached hydrogens (primary N) is 1. The summed E-state index contributed by atoms with van der Waals surface area (Å²) in [6.07, 6.45) is 2.22. The number of nitrogens with zero attached hydrogens (tertiary/aromatic N) is 1. The van der Waals surface area contributed by atoms with Crippen LogP contribution in [0.25, 0.3) is 0 Å². The second-order valence-electron chi connectivity index (χ2n) is 6.25. The van der Waals surface area contributed by atoms with Crippen LogP contribution in [-0.4, -0.2) is 46.6 Å². The number of benzene rings is 2. The van der Waals surface area contributed by atoms with Crippen molar-refractivity contribution >= 4 is 41.1 Å². The van der Waals surface area contributed by atoms with Crippen LogP contribution >= 0.6 is 11.8 Å². The van der Waals surface area contributed by atoms with Crippen molar-refractivity contribution in [3.8, 4) is 0 Å². The molecule has 0 bridgehead atoms. The smallest absolute Gasteiger partial charge is 0.262 e. The molecule has 7 nitrogen and oxygen atoms in total. The average molecular weight is 397 g/mol. The standard InChI is InChI=1S/C20H19N3O4S/c1-28-11-10-16(18(25)22-13-8-6-12(7-9-13)17(21)24)23-19(26)14-4-2-3-5-15(14)20(23)27/h2-9,16H,10-11H2,1H3,(H2,21,24)(H,22,25)/t16-/m0/s1. The molecule has 1 aliphatic rings. The maximum absolute atomic E-state index is 12.9. The molecule has 1 heterocycles. The Kier molecular flexibility index (Phi) is 5.79. The molecular formula is C20H19N3O4S. The molecule has 0 saturated heterocycles. The van der Waals surface area contributed by atoms with Gasteiger partial charge in [0.25, 0.3) is 11.8 Å². The molecule has 0 saturated carbocycles. The van der Waals surface area contributed by atoms with Gasteiger partial charge in [-0.25, -0.2) is 0 Å². The molecule has 0 radical (unpaired) electrons. The van der Waals surface area contributed by atoms with Crippen LogP contribution < -0.4 is 11.1 Å². The van der Waals surface area contributed by atoms with Gasteiger partial charge in [0.2, 0.25) is 11.8 Å². The number of hydrogen-bond acceptors (Lipinski definition) is 5. The third-order valence-corrected chi connectivity index (χ3v) is 5.12. The number of rotatable bonds is 7. The summed E-state index contributed by atoms with van der Waals surface area (Å²) in [7, 11) is 0. The van der Waals surface area contributed by atoms with Crippen LogP contribution in [0.4, 0.5) is 5.69 Å². The van der Waals surface area contributed by atoms with E-state index >= 15 is 0 Å². The molecule has 2 aromatic rings. The lowest BCUT2D eigenvalue weighted by Gasteiger charge is -2.25. The molecule has 4 amide bonds. The molecule has 1 atom stereocenters. The van der Waals surface area contributed by atoms with Crippen LogP contribution in [-0.2, 0) is 4.79 Å². The van der Waals surface area contributed by atoms with Crippen LogP contribution in [0.5, 0.6) is 0 Å². The van der Waals surface area contributed by atoms with Gasteiger partial charge in [-0.15, -0.1) is 0 Å². The minimum atomic E-state index is -0.935. The summed E-state index contributed by atoms with van der Waals surface area (Å²) in [5.41, 5.74) is 6.59. The van der Waals surface area contributed by atoms with Gasteiger partial charge < -0.3 is 11.1 Å². The highest BCUT2D eigenvalue weighted by atomic mass is 32.2. The molecule has 144 valence electrons. The number of nitrogens with one attached hydrogen (secondary N) is 1. The number of imide groups is 1. The lowest BCUT2D eigenvalue weighted by molar-refractivity contribution is -0.120. The lowest BCUT2D eigenvalue weighted by Crippen LogP contribution is -2.47. The molecule has 0 aliphatic carbocycles. The molecule has 2 aromatic carbocycles. The second kappa shape index (κ2) is 8.26. The molecule has 0 spiro atoms. The fourth-order valence-electron chi connectivity index (χ4n) is 3.04. The summed E-state index contributed by atoms with van der Waals surface area (Å²) in [5, 5.41) is 2.72. The van der Waals surface area contributed by atoms with Crippen LogP contribution in [0.3, 0.4) is 0 Å². The Balaban J connectivity index is 1.84. The lowest BCUT2D eigenvalue weighted by atomic mass is 10.1. The number of amides is 4. The number of primary amides is 1. The van der Waals surface area contributed by atoms with Crippen molar-refractivity contribution in [2.45, 2.75) is 12.5 Å². The van der Waals surface area contributed by atoms with Gasteiger partial charge in [0.05, 0.1) is 11.1 Å². The van der Waals surface area contributed by atoms with Crippen LogP contribution in [0.2, 0.25) is 0 Å². The molecule has 0 aromatic heterocycles. The second-order valence-corrected chi connectivity index (χ2v) is 7.24. The first-order valence-electron chi connectivity index (χ1n) is 8.60. The van der Waals surface area contributed by atoms with Gasteiger partial charge in [-0.3, -0.25) is 24.1 Å². The zero-order valence-corrected chi connectivity index (χ0v) is 16.0. The molecule has 3 N–H and O–H groups in total. The average Bonchev–Trinajstić information content (AvgIpc) is 2.94. The van der Waals surface area contributed by atoms with E-state index in [2.05, 4.69) is 5.32 Å². The fourth-order valence-corrected chi connectivity index (χ4v) is 3.50.